The standard InChI is InChI=1S/C27H29N5O2S/c1-18-15-26(32-25(28-18)17-24(30-32)19-7-9-22(34-2)10-8-19)31-13-11-20(12-14-31)27(33)29-21-5-4-6-23(16-21)35-3/h4-10,15-17,20H,11-14H2,1-3H3,(H,29,33). The van der Waals surface area contributed by atoms with Gasteiger partial charge in [0.15, 0.2) is 5.65 Å². The second-order valence-electron chi connectivity index (χ2n) is 8.77. The van der Waals surface area contributed by atoms with Crippen molar-refractivity contribution in [3.63, 3.8) is 0 Å². The van der Waals surface area contributed by atoms with Gasteiger partial charge in [-0.25, -0.2) is 4.98 Å². The summed E-state index contributed by atoms with van der Waals surface area (Å²) in [6, 6.07) is 20.0. The Balaban J connectivity index is 1.31. The molecule has 0 aliphatic carbocycles. The van der Waals surface area contributed by atoms with E-state index in [-0.39, 0.29) is 11.8 Å². The molecule has 1 N–H and O–H groups in total. The Labute approximate surface area is 209 Å². The Morgan fingerprint density at radius 3 is 2.57 bits per heavy atom. The Hall–Kier alpha value is -3.52. The van der Waals surface area contributed by atoms with E-state index in [9.17, 15) is 4.79 Å². The van der Waals surface area contributed by atoms with Gasteiger partial charge in [0.05, 0.1) is 12.8 Å². The molecule has 0 atom stereocenters. The Kier molecular flexibility index (Phi) is 6.63. The number of benzene rings is 2. The van der Waals surface area contributed by atoms with Crippen molar-refractivity contribution < 1.29 is 9.53 Å². The minimum absolute atomic E-state index is 0.00454. The van der Waals surface area contributed by atoms with Gasteiger partial charge in [-0.05, 0) is 68.5 Å². The van der Waals surface area contributed by atoms with Crippen molar-refractivity contribution in [2.24, 2.45) is 5.92 Å². The lowest BCUT2D eigenvalue weighted by atomic mass is 9.95. The topological polar surface area (TPSA) is 71.8 Å². The van der Waals surface area contributed by atoms with Crippen molar-refractivity contribution >= 4 is 34.8 Å². The number of hydrogen-bond acceptors (Lipinski definition) is 6. The lowest BCUT2D eigenvalue weighted by molar-refractivity contribution is -0.120. The molecule has 3 heterocycles. The highest BCUT2D eigenvalue weighted by Gasteiger charge is 2.27. The molecule has 2 aromatic heterocycles. The molecule has 180 valence electrons. The molecule has 7 nitrogen and oxygen atoms in total. The highest BCUT2D eigenvalue weighted by atomic mass is 32.2. The minimum Gasteiger partial charge on any atom is -0.497 e. The number of nitrogens with zero attached hydrogens (tertiary/aromatic N) is 4. The Bertz CT molecular complexity index is 1340. The molecule has 1 fully saturated rings. The van der Waals surface area contributed by atoms with Gasteiger partial charge in [-0.15, -0.1) is 11.8 Å². The van der Waals surface area contributed by atoms with E-state index in [0.717, 1.165) is 70.7 Å². The van der Waals surface area contributed by atoms with Crippen molar-refractivity contribution in [1.82, 2.24) is 14.6 Å². The van der Waals surface area contributed by atoms with Gasteiger partial charge in [-0.1, -0.05) is 6.07 Å². The molecule has 2 aromatic carbocycles. The van der Waals surface area contributed by atoms with E-state index >= 15 is 0 Å². The summed E-state index contributed by atoms with van der Waals surface area (Å²) in [5, 5.41) is 7.97. The van der Waals surface area contributed by atoms with Crippen LogP contribution in [0.1, 0.15) is 18.5 Å². The van der Waals surface area contributed by atoms with Crippen LogP contribution in [0.5, 0.6) is 5.75 Å². The van der Waals surface area contributed by atoms with Crippen molar-refractivity contribution in [2.45, 2.75) is 24.7 Å². The number of anilines is 2. The maximum atomic E-state index is 12.9. The van der Waals surface area contributed by atoms with Crippen LogP contribution in [0.4, 0.5) is 11.5 Å². The lowest BCUT2D eigenvalue weighted by Gasteiger charge is -2.33. The number of piperidine rings is 1. The SMILES string of the molecule is COc1ccc(-c2cc3nc(C)cc(N4CCC(C(=O)Nc5cccc(SC)c5)CC4)n3n2)cc1. The van der Waals surface area contributed by atoms with E-state index < -0.39 is 0 Å². The molecule has 1 aliphatic rings. The van der Waals surface area contributed by atoms with E-state index in [1.807, 2.05) is 72.3 Å². The number of carbonyl (C=O) groups is 1. The third-order valence-corrected chi connectivity index (χ3v) is 7.17. The van der Waals surface area contributed by atoms with Gasteiger partial charge in [-0.3, -0.25) is 4.79 Å². The fourth-order valence-electron chi connectivity index (χ4n) is 4.52. The van der Waals surface area contributed by atoms with Crippen LogP contribution in [-0.4, -0.2) is 47.0 Å². The molecule has 0 bridgehead atoms. The summed E-state index contributed by atoms with van der Waals surface area (Å²) >= 11 is 1.67. The first-order valence-corrected chi connectivity index (χ1v) is 13.0. The number of amides is 1. The second kappa shape index (κ2) is 10.00. The predicted molar refractivity (Wildman–Crippen MR) is 142 cm³/mol. The van der Waals surface area contributed by atoms with Crippen LogP contribution >= 0.6 is 11.8 Å². The molecule has 35 heavy (non-hydrogen) atoms. The van der Waals surface area contributed by atoms with E-state index in [0.29, 0.717) is 0 Å². The highest BCUT2D eigenvalue weighted by Crippen LogP contribution is 2.28. The zero-order valence-corrected chi connectivity index (χ0v) is 21.0. The maximum Gasteiger partial charge on any atom is 0.227 e. The van der Waals surface area contributed by atoms with Crippen LogP contribution in [-0.2, 0) is 4.79 Å². The first-order valence-electron chi connectivity index (χ1n) is 11.8. The molecular weight excluding hydrogens is 458 g/mol. The first kappa shape index (κ1) is 23.2. The minimum atomic E-state index is -0.00454. The summed E-state index contributed by atoms with van der Waals surface area (Å²) in [5.41, 5.74) is 4.51. The van der Waals surface area contributed by atoms with Crippen LogP contribution < -0.4 is 15.0 Å². The van der Waals surface area contributed by atoms with Crippen LogP contribution in [0.2, 0.25) is 0 Å². The molecule has 1 saturated heterocycles. The van der Waals surface area contributed by atoms with Gasteiger partial charge in [0.2, 0.25) is 5.91 Å². The highest BCUT2D eigenvalue weighted by molar-refractivity contribution is 7.98. The van der Waals surface area contributed by atoms with Gasteiger partial charge in [0, 0.05) is 53.0 Å². The first-order chi connectivity index (χ1) is 17.0. The second-order valence-corrected chi connectivity index (χ2v) is 9.65. The molecule has 1 aliphatic heterocycles. The summed E-state index contributed by atoms with van der Waals surface area (Å²) in [6.07, 6.45) is 3.63. The molecule has 0 saturated carbocycles. The number of carbonyl (C=O) groups excluding carboxylic acids is 1. The number of nitrogens with one attached hydrogen (secondary N) is 1. The fourth-order valence-corrected chi connectivity index (χ4v) is 4.98. The van der Waals surface area contributed by atoms with Crippen molar-refractivity contribution in [1.29, 1.82) is 0 Å². The van der Waals surface area contributed by atoms with Crippen LogP contribution in [0.3, 0.4) is 0 Å². The maximum absolute atomic E-state index is 12.9. The molecule has 4 aromatic rings. The predicted octanol–water partition coefficient (Wildman–Crippen LogP) is 5.29. The average molecular weight is 488 g/mol. The van der Waals surface area contributed by atoms with Crippen LogP contribution in [0.15, 0.2) is 65.6 Å². The number of methoxy groups -OCH3 is 1. The monoisotopic (exact) mass is 487 g/mol. The number of rotatable bonds is 6. The van der Waals surface area contributed by atoms with E-state index in [1.165, 1.54) is 0 Å². The lowest BCUT2D eigenvalue weighted by Crippen LogP contribution is -2.39. The number of fused-ring (bicyclic) bond motifs is 1. The van der Waals surface area contributed by atoms with Gasteiger partial charge < -0.3 is 15.0 Å². The van der Waals surface area contributed by atoms with E-state index in [4.69, 9.17) is 14.8 Å². The van der Waals surface area contributed by atoms with Crippen LogP contribution in [0, 0.1) is 12.8 Å². The van der Waals surface area contributed by atoms with Crippen molar-refractivity contribution in [3.8, 4) is 17.0 Å². The van der Waals surface area contributed by atoms with Gasteiger partial charge >= 0.3 is 0 Å². The van der Waals surface area contributed by atoms with Gasteiger partial charge in [0.25, 0.3) is 0 Å². The molecule has 0 radical (unpaired) electrons. The number of aryl methyl sites for hydroxylation is 1. The zero-order valence-electron chi connectivity index (χ0n) is 20.2. The van der Waals surface area contributed by atoms with Crippen molar-refractivity contribution in [2.75, 3.05) is 36.7 Å². The van der Waals surface area contributed by atoms with Gasteiger partial charge in [0.1, 0.15) is 11.6 Å². The molecular formula is C27H29N5O2S. The normalized spacial score (nSPS) is 14.3. The zero-order chi connectivity index (χ0) is 24.4. The summed E-state index contributed by atoms with van der Waals surface area (Å²) in [5.74, 6) is 1.92. The number of aromatic nitrogens is 3. The Morgan fingerprint density at radius 1 is 1.09 bits per heavy atom. The Morgan fingerprint density at radius 2 is 1.86 bits per heavy atom. The number of hydrogen-bond donors (Lipinski definition) is 1. The molecule has 5 rings (SSSR count). The molecule has 0 spiro atoms. The molecule has 8 heteroatoms. The van der Waals surface area contributed by atoms with Crippen molar-refractivity contribution in [3.05, 3.63) is 66.4 Å². The third kappa shape index (κ3) is 4.98. The number of ether oxygens (including phenoxy) is 1. The number of thioether (sulfide) groups is 1. The largest absolute Gasteiger partial charge is 0.497 e. The van der Waals surface area contributed by atoms with Crippen LogP contribution in [0.25, 0.3) is 16.9 Å². The summed E-state index contributed by atoms with van der Waals surface area (Å²) in [4.78, 5) is 21.1. The fraction of sp³-hybridized carbons (Fsp3) is 0.296. The molecule has 1 amide bonds. The third-order valence-electron chi connectivity index (χ3n) is 6.45. The van der Waals surface area contributed by atoms with E-state index in [2.05, 4.69) is 16.3 Å². The summed E-state index contributed by atoms with van der Waals surface area (Å²) in [6.45, 7) is 3.59. The van der Waals surface area contributed by atoms with E-state index in [1.54, 1.807) is 18.9 Å². The quantitative estimate of drug-likeness (QED) is 0.373. The summed E-state index contributed by atoms with van der Waals surface area (Å²) in [7, 11) is 1.66. The smallest absolute Gasteiger partial charge is 0.227 e. The average Bonchev–Trinajstić information content (AvgIpc) is 3.32. The molecule has 0 unspecified atom stereocenters. The summed E-state index contributed by atoms with van der Waals surface area (Å²) < 4.78 is 7.19. The van der Waals surface area contributed by atoms with Gasteiger partial charge in [-0.2, -0.15) is 9.61 Å².